The van der Waals surface area contributed by atoms with Crippen LogP contribution in [0.1, 0.15) is 44.9 Å². The van der Waals surface area contributed by atoms with Crippen LogP contribution in [0.2, 0.25) is 0 Å². The molecule has 8 aromatic rings. The van der Waals surface area contributed by atoms with Crippen molar-refractivity contribution in [2.45, 2.75) is 18.8 Å². The summed E-state index contributed by atoms with van der Waals surface area (Å²) in [5, 5.41) is 0. The van der Waals surface area contributed by atoms with E-state index in [2.05, 4.69) is 188 Å². The van der Waals surface area contributed by atoms with E-state index in [0.717, 1.165) is 12.8 Å². The lowest BCUT2D eigenvalue weighted by molar-refractivity contribution is 0.978. The van der Waals surface area contributed by atoms with Crippen molar-refractivity contribution in [2.75, 3.05) is 0 Å². The second-order valence-corrected chi connectivity index (χ2v) is 14.0. The van der Waals surface area contributed by atoms with Gasteiger partial charge in [-0.25, -0.2) is 0 Å². The van der Waals surface area contributed by atoms with Crippen LogP contribution in [0, 0.1) is 0 Å². The van der Waals surface area contributed by atoms with Gasteiger partial charge in [0.25, 0.3) is 0 Å². The third kappa shape index (κ3) is 5.15. The van der Waals surface area contributed by atoms with Crippen LogP contribution in [0.4, 0.5) is 0 Å². The zero-order valence-corrected chi connectivity index (χ0v) is 28.4. The molecule has 0 heterocycles. The van der Waals surface area contributed by atoms with Gasteiger partial charge in [0.05, 0.1) is 0 Å². The lowest BCUT2D eigenvalue weighted by Crippen LogP contribution is -2.04. The Balaban J connectivity index is 1.02. The molecule has 0 aromatic heterocycles. The Hall–Kier alpha value is -6.24. The van der Waals surface area contributed by atoms with E-state index in [9.17, 15) is 0 Å². The highest BCUT2D eigenvalue weighted by Gasteiger charge is 2.24. The fraction of sp³-hybridized carbons (Fsp3) is 0.0588. The first-order valence-electron chi connectivity index (χ1n) is 18.0. The Morgan fingerprint density at radius 2 is 0.608 bits per heavy atom. The third-order valence-electron chi connectivity index (χ3n) is 11.2. The molecule has 51 heavy (non-hydrogen) atoms. The van der Waals surface area contributed by atoms with Gasteiger partial charge in [0, 0.05) is 5.92 Å². The Morgan fingerprint density at radius 1 is 0.255 bits per heavy atom. The summed E-state index contributed by atoms with van der Waals surface area (Å²) >= 11 is 0. The molecule has 0 saturated carbocycles. The second kappa shape index (κ2) is 12.3. The topological polar surface area (TPSA) is 0 Å². The van der Waals surface area contributed by atoms with Crippen LogP contribution < -0.4 is 0 Å². The maximum absolute atomic E-state index is 2.35. The highest BCUT2D eigenvalue weighted by atomic mass is 14.3. The van der Waals surface area contributed by atoms with Crippen LogP contribution in [0.3, 0.4) is 0 Å². The predicted octanol–water partition coefficient (Wildman–Crippen LogP) is 13.0. The van der Waals surface area contributed by atoms with Crippen molar-refractivity contribution in [2.24, 2.45) is 0 Å². The molecule has 0 heteroatoms. The molecule has 10 rings (SSSR count). The van der Waals surface area contributed by atoms with Crippen LogP contribution in [-0.2, 0) is 12.8 Å². The predicted molar refractivity (Wildman–Crippen MR) is 213 cm³/mol. The normalized spacial score (nSPS) is 12.3. The van der Waals surface area contributed by atoms with Gasteiger partial charge in [0.2, 0.25) is 0 Å². The lowest BCUT2D eigenvalue weighted by Gasteiger charge is -2.21. The van der Waals surface area contributed by atoms with Gasteiger partial charge in [-0.1, -0.05) is 188 Å². The summed E-state index contributed by atoms with van der Waals surface area (Å²) in [5.74, 6) is 0.106. The minimum absolute atomic E-state index is 0.106. The molecular weight excluding hydrogens is 613 g/mol. The molecule has 0 aliphatic heterocycles. The third-order valence-corrected chi connectivity index (χ3v) is 11.2. The van der Waals surface area contributed by atoms with E-state index in [1.807, 2.05) is 0 Å². The zero-order valence-electron chi connectivity index (χ0n) is 28.4. The van der Waals surface area contributed by atoms with Gasteiger partial charge in [-0.05, 0) is 107 Å². The number of fused-ring (bicyclic) bond motifs is 6. The average molecular weight is 649 g/mol. The Bertz CT molecular complexity index is 2400. The van der Waals surface area contributed by atoms with Crippen LogP contribution in [-0.4, -0.2) is 0 Å². The van der Waals surface area contributed by atoms with Crippen molar-refractivity contribution in [3.8, 4) is 55.6 Å². The summed E-state index contributed by atoms with van der Waals surface area (Å²) in [5.41, 5.74) is 22.8. The Morgan fingerprint density at radius 3 is 1.08 bits per heavy atom. The van der Waals surface area contributed by atoms with E-state index in [0.29, 0.717) is 0 Å². The van der Waals surface area contributed by atoms with Crippen LogP contribution in [0.15, 0.2) is 188 Å². The maximum Gasteiger partial charge on any atom is 0.0340 e. The lowest BCUT2D eigenvalue weighted by atomic mass is 9.83. The maximum atomic E-state index is 2.35. The molecule has 0 bridgehead atoms. The molecule has 0 unspecified atom stereocenters. The van der Waals surface area contributed by atoms with Crippen molar-refractivity contribution in [1.29, 1.82) is 0 Å². The Labute approximate surface area is 300 Å². The molecule has 0 radical (unpaired) electrons. The summed E-state index contributed by atoms with van der Waals surface area (Å²) in [6.45, 7) is 0. The summed E-state index contributed by atoms with van der Waals surface area (Å²) in [7, 11) is 0. The minimum atomic E-state index is 0.106. The van der Waals surface area contributed by atoms with E-state index < -0.39 is 0 Å². The van der Waals surface area contributed by atoms with Crippen molar-refractivity contribution >= 4 is 0 Å². The van der Waals surface area contributed by atoms with Crippen molar-refractivity contribution in [1.82, 2.24) is 0 Å². The monoisotopic (exact) mass is 648 g/mol. The standard InChI is InChI=1S/C51H36/c1-2-10-34(11-3-1)35-20-26-38(27-21-35)51(39-28-22-36(23-29-39)43-16-8-18-47-45-14-6-4-12-41(45)32-49(43)47)40-30-24-37(25-31-40)44-17-9-19-48-46-15-7-5-13-42(46)33-50(44)48/h1-31,51H,32-33H2. The molecule has 0 spiro atoms. The van der Waals surface area contributed by atoms with Crippen LogP contribution >= 0.6 is 0 Å². The quantitative estimate of drug-likeness (QED) is 0.157. The molecule has 8 aromatic carbocycles. The smallest absolute Gasteiger partial charge is 0.0340 e. The van der Waals surface area contributed by atoms with E-state index in [-0.39, 0.29) is 5.92 Å². The molecule has 0 fully saturated rings. The van der Waals surface area contributed by atoms with Gasteiger partial charge < -0.3 is 0 Å². The molecule has 0 amide bonds. The van der Waals surface area contributed by atoms with Gasteiger partial charge in [-0.3, -0.25) is 0 Å². The molecule has 0 atom stereocenters. The number of hydrogen-bond acceptors (Lipinski definition) is 0. The molecule has 0 N–H and O–H groups in total. The first-order valence-corrected chi connectivity index (χ1v) is 18.0. The van der Waals surface area contributed by atoms with E-state index in [1.54, 1.807) is 0 Å². The number of hydrogen-bond donors (Lipinski definition) is 0. The number of benzene rings is 8. The van der Waals surface area contributed by atoms with Gasteiger partial charge in [-0.15, -0.1) is 0 Å². The summed E-state index contributed by atoms with van der Waals surface area (Å²) in [6, 6.07) is 69.8. The first-order chi connectivity index (χ1) is 25.3. The molecule has 240 valence electrons. The summed E-state index contributed by atoms with van der Waals surface area (Å²) in [4.78, 5) is 0. The highest BCUT2D eigenvalue weighted by molar-refractivity contribution is 5.86. The molecule has 0 nitrogen and oxygen atoms in total. The zero-order chi connectivity index (χ0) is 33.7. The van der Waals surface area contributed by atoms with Gasteiger partial charge in [-0.2, -0.15) is 0 Å². The molecule has 2 aliphatic carbocycles. The van der Waals surface area contributed by atoms with Crippen molar-refractivity contribution in [3.05, 3.63) is 227 Å². The number of rotatable bonds is 6. The van der Waals surface area contributed by atoms with Crippen LogP contribution in [0.5, 0.6) is 0 Å². The Kier molecular flexibility index (Phi) is 7.13. The largest absolute Gasteiger partial charge is 0.0622 e. The molecular formula is C51H36. The van der Waals surface area contributed by atoms with E-state index in [4.69, 9.17) is 0 Å². The molecule has 2 aliphatic rings. The first kappa shape index (κ1) is 29.7. The van der Waals surface area contributed by atoms with Gasteiger partial charge in [0.15, 0.2) is 0 Å². The molecule has 0 saturated heterocycles. The highest BCUT2D eigenvalue weighted by Crippen LogP contribution is 2.44. The van der Waals surface area contributed by atoms with E-state index >= 15 is 0 Å². The van der Waals surface area contributed by atoms with E-state index in [1.165, 1.54) is 94.6 Å². The minimum Gasteiger partial charge on any atom is -0.0622 e. The van der Waals surface area contributed by atoms with Crippen molar-refractivity contribution < 1.29 is 0 Å². The summed E-state index contributed by atoms with van der Waals surface area (Å²) in [6.07, 6.45) is 1.98. The van der Waals surface area contributed by atoms with Crippen molar-refractivity contribution in [3.63, 3.8) is 0 Å². The van der Waals surface area contributed by atoms with Gasteiger partial charge >= 0.3 is 0 Å². The summed E-state index contributed by atoms with van der Waals surface area (Å²) < 4.78 is 0. The van der Waals surface area contributed by atoms with Gasteiger partial charge in [0.1, 0.15) is 0 Å². The average Bonchev–Trinajstić information content (AvgIpc) is 3.78. The fourth-order valence-corrected chi connectivity index (χ4v) is 8.64. The second-order valence-electron chi connectivity index (χ2n) is 14.0. The SMILES string of the molecule is c1ccc(-c2ccc(C(c3ccc(-c4cccc5c4Cc4ccccc4-5)cc3)c3ccc(-c4cccc5c4Cc4ccccc4-5)cc3)cc2)cc1. The fourth-order valence-electron chi connectivity index (χ4n) is 8.64. The van der Waals surface area contributed by atoms with Crippen LogP contribution in [0.25, 0.3) is 55.6 Å².